The van der Waals surface area contributed by atoms with E-state index in [1.165, 1.54) is 35.4 Å². The number of rotatable bonds is 14. The first-order chi connectivity index (χ1) is 24.0. The average Bonchev–Trinajstić information content (AvgIpc) is 3.75. The third-order valence-corrected chi connectivity index (χ3v) is 9.83. The van der Waals surface area contributed by atoms with Crippen LogP contribution in [0.5, 0.6) is 11.6 Å². The van der Waals surface area contributed by atoms with Gasteiger partial charge >= 0.3 is 0 Å². The largest absolute Gasteiger partial charge is 0.497 e. The van der Waals surface area contributed by atoms with Crippen molar-refractivity contribution < 1.29 is 19.1 Å². The standard InChI is InChI=1S/C35H39N9O4S/c1-36-33(46)31-34(41-35(49-31)22-13-14-37-29(18-22)40-32(45)21-9-10-21)48-17-5-6-23-20-44(43-42-23)16-15-38-30-25-7-3-4-8-27(25)39-28-12-11-24(47-2)19-26(28)30/h11-14,18-21H,3-10,15-17H2,1-2H3,(H,36,46)(H,38,39)(H,37,40,45). The van der Waals surface area contributed by atoms with E-state index in [4.69, 9.17) is 14.5 Å². The minimum absolute atomic E-state index is 0.0196. The van der Waals surface area contributed by atoms with Gasteiger partial charge in [-0.1, -0.05) is 5.21 Å². The maximum atomic E-state index is 12.6. The molecule has 1 aromatic carbocycles. The summed E-state index contributed by atoms with van der Waals surface area (Å²) in [7, 11) is 3.26. The Balaban J connectivity index is 0.945. The van der Waals surface area contributed by atoms with Gasteiger partial charge in [0, 0.05) is 54.2 Å². The second-order valence-corrected chi connectivity index (χ2v) is 13.3. The topological polar surface area (TPSA) is 158 Å². The highest BCUT2D eigenvalue weighted by Gasteiger charge is 2.30. The first kappa shape index (κ1) is 32.4. The van der Waals surface area contributed by atoms with E-state index in [2.05, 4.69) is 42.3 Å². The van der Waals surface area contributed by atoms with E-state index in [-0.39, 0.29) is 23.6 Å². The lowest BCUT2D eigenvalue weighted by Gasteiger charge is -2.22. The number of amides is 2. The number of hydrogen-bond donors (Lipinski definition) is 3. The van der Waals surface area contributed by atoms with Gasteiger partial charge in [0.1, 0.15) is 16.6 Å². The van der Waals surface area contributed by atoms with Crippen LogP contribution in [0.2, 0.25) is 0 Å². The van der Waals surface area contributed by atoms with Crippen molar-refractivity contribution in [3.63, 3.8) is 0 Å². The zero-order valence-electron chi connectivity index (χ0n) is 27.6. The fraction of sp³-hybridized carbons (Fsp3) is 0.400. The lowest BCUT2D eigenvalue weighted by Crippen LogP contribution is -2.17. The molecule has 4 heterocycles. The highest BCUT2D eigenvalue weighted by molar-refractivity contribution is 7.17. The molecule has 14 heteroatoms. The van der Waals surface area contributed by atoms with Crippen LogP contribution in [0.4, 0.5) is 11.5 Å². The maximum Gasteiger partial charge on any atom is 0.266 e. The molecular weight excluding hydrogens is 643 g/mol. The minimum atomic E-state index is -0.272. The smallest absolute Gasteiger partial charge is 0.266 e. The number of carbonyl (C=O) groups excluding carboxylic acids is 2. The molecule has 4 aromatic heterocycles. The van der Waals surface area contributed by atoms with Crippen molar-refractivity contribution in [2.24, 2.45) is 5.92 Å². The molecule has 7 rings (SSSR count). The van der Waals surface area contributed by atoms with Crippen LogP contribution in [0.25, 0.3) is 21.5 Å². The molecule has 0 aliphatic heterocycles. The fourth-order valence-corrected chi connectivity index (χ4v) is 6.96. The summed E-state index contributed by atoms with van der Waals surface area (Å²) >= 11 is 1.23. The second-order valence-electron chi connectivity index (χ2n) is 12.3. The summed E-state index contributed by atoms with van der Waals surface area (Å²) in [4.78, 5) is 39.1. The van der Waals surface area contributed by atoms with Gasteiger partial charge in [0.25, 0.3) is 5.91 Å². The molecule has 2 amide bonds. The van der Waals surface area contributed by atoms with E-state index < -0.39 is 0 Å². The van der Waals surface area contributed by atoms with Crippen molar-refractivity contribution in [3.8, 4) is 22.2 Å². The van der Waals surface area contributed by atoms with Gasteiger partial charge < -0.3 is 25.4 Å². The highest BCUT2D eigenvalue weighted by Crippen LogP contribution is 2.36. The molecule has 0 spiro atoms. The summed E-state index contributed by atoms with van der Waals surface area (Å²) in [6.45, 7) is 1.70. The molecule has 0 saturated heterocycles. The van der Waals surface area contributed by atoms with Crippen molar-refractivity contribution in [1.82, 2.24) is 35.3 Å². The molecule has 1 saturated carbocycles. The Kier molecular flexibility index (Phi) is 9.64. The maximum absolute atomic E-state index is 12.6. The Morgan fingerprint density at radius 2 is 1.98 bits per heavy atom. The SMILES string of the molecule is CNC(=O)c1sc(-c2ccnc(NC(=O)C3CC3)c2)nc1OCCCc1cn(CCNc2c3c(nc4ccc(OC)cc24)CCCC3)nn1. The zero-order chi connectivity index (χ0) is 33.7. The first-order valence-electron chi connectivity index (χ1n) is 16.7. The molecule has 49 heavy (non-hydrogen) atoms. The van der Waals surface area contributed by atoms with Crippen LogP contribution >= 0.6 is 11.3 Å². The number of methoxy groups -OCH3 is 1. The van der Waals surface area contributed by atoms with Gasteiger partial charge in [-0.15, -0.1) is 16.4 Å². The fourth-order valence-electron chi connectivity index (χ4n) is 6.00. The third-order valence-electron chi connectivity index (χ3n) is 8.75. The molecule has 0 unspecified atom stereocenters. The molecule has 13 nitrogen and oxygen atoms in total. The number of thiazole rings is 1. The van der Waals surface area contributed by atoms with Gasteiger partial charge in [0.2, 0.25) is 11.8 Å². The summed E-state index contributed by atoms with van der Waals surface area (Å²) < 4.78 is 13.4. The van der Waals surface area contributed by atoms with Crippen LogP contribution in [0, 0.1) is 5.92 Å². The predicted molar refractivity (Wildman–Crippen MR) is 187 cm³/mol. The quantitative estimate of drug-likeness (QED) is 0.135. The van der Waals surface area contributed by atoms with Gasteiger partial charge in [-0.2, -0.15) is 0 Å². The van der Waals surface area contributed by atoms with E-state index >= 15 is 0 Å². The Hall–Kier alpha value is -5.11. The Bertz CT molecular complexity index is 1990. The van der Waals surface area contributed by atoms with Crippen LogP contribution in [0.3, 0.4) is 0 Å². The Morgan fingerprint density at radius 1 is 1.10 bits per heavy atom. The summed E-state index contributed by atoms with van der Waals surface area (Å²) in [5.41, 5.74) is 6.22. The minimum Gasteiger partial charge on any atom is -0.497 e. The Labute approximate surface area is 287 Å². The summed E-state index contributed by atoms with van der Waals surface area (Å²) in [5.74, 6) is 1.33. The molecule has 0 radical (unpaired) electrons. The number of nitrogens with one attached hydrogen (secondary N) is 3. The van der Waals surface area contributed by atoms with Crippen molar-refractivity contribution in [1.29, 1.82) is 0 Å². The molecule has 3 N–H and O–H groups in total. The molecule has 0 atom stereocenters. The van der Waals surface area contributed by atoms with Crippen molar-refractivity contribution in [3.05, 3.63) is 64.6 Å². The van der Waals surface area contributed by atoms with E-state index in [1.54, 1.807) is 32.5 Å². The molecule has 5 aromatic rings. The van der Waals surface area contributed by atoms with Crippen molar-refractivity contribution in [2.45, 2.75) is 57.9 Å². The lowest BCUT2D eigenvalue weighted by molar-refractivity contribution is -0.117. The van der Waals surface area contributed by atoms with Gasteiger partial charge in [-0.3, -0.25) is 19.3 Å². The van der Waals surface area contributed by atoms with E-state index in [1.807, 2.05) is 23.0 Å². The van der Waals surface area contributed by atoms with Gasteiger partial charge in [-0.25, -0.2) is 9.97 Å². The number of aryl methyl sites for hydroxylation is 2. The molecule has 2 aliphatic carbocycles. The number of carbonyl (C=O) groups is 2. The molecule has 254 valence electrons. The lowest BCUT2D eigenvalue weighted by atomic mass is 9.92. The van der Waals surface area contributed by atoms with E-state index in [0.29, 0.717) is 48.2 Å². The molecular formula is C35H39N9O4S. The number of aromatic nitrogens is 6. The number of anilines is 2. The summed E-state index contributed by atoms with van der Waals surface area (Å²) in [6.07, 6.45) is 11.1. The second kappa shape index (κ2) is 14.6. The van der Waals surface area contributed by atoms with E-state index in [0.717, 1.165) is 59.3 Å². The molecule has 0 bridgehead atoms. The van der Waals surface area contributed by atoms with Gasteiger partial charge in [0.05, 0.1) is 31.5 Å². The molecule has 1 fully saturated rings. The number of nitrogens with zero attached hydrogens (tertiary/aromatic N) is 6. The van der Waals surface area contributed by atoms with Gasteiger partial charge in [0.15, 0.2) is 4.88 Å². The average molecular weight is 682 g/mol. The predicted octanol–water partition coefficient (Wildman–Crippen LogP) is 5.06. The van der Waals surface area contributed by atoms with E-state index in [9.17, 15) is 9.59 Å². The number of hydrogen-bond acceptors (Lipinski definition) is 11. The number of fused-ring (bicyclic) bond motifs is 2. The van der Waals surface area contributed by atoms with Crippen LogP contribution in [-0.4, -0.2) is 69.1 Å². The zero-order valence-corrected chi connectivity index (χ0v) is 28.4. The number of ether oxygens (including phenoxy) is 2. The van der Waals surface area contributed by atoms with Crippen molar-refractivity contribution in [2.75, 3.05) is 37.9 Å². The third kappa shape index (κ3) is 7.48. The Morgan fingerprint density at radius 3 is 2.82 bits per heavy atom. The van der Waals surface area contributed by atoms with Gasteiger partial charge in [-0.05, 0) is 87.3 Å². The number of pyridine rings is 2. The first-order valence-corrected chi connectivity index (χ1v) is 17.6. The van der Waals surface area contributed by atoms with Crippen LogP contribution in [-0.2, 0) is 30.6 Å². The normalized spacial score (nSPS) is 13.9. The van der Waals surface area contributed by atoms with Crippen molar-refractivity contribution >= 4 is 45.6 Å². The monoisotopic (exact) mass is 681 g/mol. The number of benzene rings is 1. The summed E-state index contributed by atoms with van der Waals surface area (Å²) in [6, 6.07) is 9.61. The van der Waals surface area contributed by atoms with Crippen LogP contribution in [0.15, 0.2) is 42.7 Å². The highest BCUT2D eigenvalue weighted by atomic mass is 32.1. The molecule has 2 aliphatic rings. The summed E-state index contributed by atoms with van der Waals surface area (Å²) in [5, 5.41) is 19.6. The van der Waals surface area contributed by atoms with Crippen LogP contribution < -0.4 is 25.4 Å². The van der Waals surface area contributed by atoms with Crippen LogP contribution in [0.1, 0.15) is 58.7 Å².